The predicted molar refractivity (Wildman–Crippen MR) is 66.1 cm³/mol. The fourth-order valence-corrected chi connectivity index (χ4v) is 2.20. The number of nitrogens with one attached hydrogen (secondary N) is 1. The van der Waals surface area contributed by atoms with Gasteiger partial charge in [-0.25, -0.2) is 4.79 Å². The summed E-state index contributed by atoms with van der Waals surface area (Å²) in [5.41, 5.74) is 3.61. The Bertz CT molecular complexity index is 506. The largest absolute Gasteiger partial charge is 0.465 e. The monoisotopic (exact) mass is 233 g/mol. The van der Waals surface area contributed by atoms with Crippen LogP contribution in [0.15, 0.2) is 35.0 Å². The highest BCUT2D eigenvalue weighted by Gasteiger charge is 2.07. The van der Waals surface area contributed by atoms with Gasteiger partial charge in [0.05, 0.1) is 5.69 Å². The molecule has 0 bridgehead atoms. The van der Waals surface area contributed by atoms with Gasteiger partial charge in [0, 0.05) is 5.56 Å². The standard InChI is InChI=1S/C12H11NO2S/c1-8-2-3-10(9-4-5-16-7-9)11(6-8)13-12(14)15/h2-7,13H,1H3,(H,14,15). The molecule has 82 valence electrons. The first-order chi connectivity index (χ1) is 7.66. The van der Waals surface area contributed by atoms with Crippen molar-refractivity contribution in [2.45, 2.75) is 6.92 Å². The normalized spacial score (nSPS) is 10.1. The number of rotatable bonds is 2. The molecule has 1 aromatic heterocycles. The second-order valence-corrected chi connectivity index (χ2v) is 4.27. The van der Waals surface area contributed by atoms with Gasteiger partial charge in [-0.2, -0.15) is 11.3 Å². The Labute approximate surface area is 97.4 Å². The lowest BCUT2D eigenvalue weighted by molar-refractivity contribution is 0.210. The van der Waals surface area contributed by atoms with Crippen LogP contribution >= 0.6 is 11.3 Å². The molecule has 1 amide bonds. The second kappa shape index (κ2) is 4.37. The third-order valence-corrected chi connectivity index (χ3v) is 2.93. The lowest BCUT2D eigenvalue weighted by atomic mass is 10.0. The van der Waals surface area contributed by atoms with Crippen LogP contribution in [0, 0.1) is 6.92 Å². The van der Waals surface area contributed by atoms with Gasteiger partial charge in [0.15, 0.2) is 0 Å². The fourth-order valence-electron chi connectivity index (χ4n) is 1.55. The molecule has 3 nitrogen and oxygen atoms in total. The number of hydrogen-bond donors (Lipinski definition) is 2. The minimum absolute atomic E-state index is 0.630. The van der Waals surface area contributed by atoms with Gasteiger partial charge in [-0.3, -0.25) is 5.32 Å². The molecule has 1 aromatic carbocycles. The van der Waals surface area contributed by atoms with E-state index < -0.39 is 6.09 Å². The van der Waals surface area contributed by atoms with Crippen molar-refractivity contribution in [2.75, 3.05) is 5.32 Å². The number of benzene rings is 1. The molecule has 1 heterocycles. The van der Waals surface area contributed by atoms with E-state index in [2.05, 4.69) is 5.32 Å². The molecule has 0 aliphatic rings. The maximum absolute atomic E-state index is 10.7. The molecular formula is C12H11NO2S. The average molecular weight is 233 g/mol. The van der Waals surface area contributed by atoms with Crippen molar-refractivity contribution in [3.8, 4) is 11.1 Å². The van der Waals surface area contributed by atoms with E-state index in [-0.39, 0.29) is 0 Å². The van der Waals surface area contributed by atoms with Crippen molar-refractivity contribution < 1.29 is 9.90 Å². The van der Waals surface area contributed by atoms with Gasteiger partial charge in [0.2, 0.25) is 0 Å². The highest BCUT2D eigenvalue weighted by Crippen LogP contribution is 2.30. The summed E-state index contributed by atoms with van der Waals surface area (Å²) >= 11 is 1.59. The van der Waals surface area contributed by atoms with E-state index in [0.29, 0.717) is 5.69 Å². The third kappa shape index (κ3) is 2.23. The molecule has 0 fully saturated rings. The molecule has 4 heteroatoms. The minimum Gasteiger partial charge on any atom is -0.465 e. The van der Waals surface area contributed by atoms with E-state index in [0.717, 1.165) is 16.7 Å². The lowest BCUT2D eigenvalue weighted by Gasteiger charge is -2.08. The number of carboxylic acid groups (broad SMARTS) is 1. The zero-order valence-corrected chi connectivity index (χ0v) is 9.54. The summed E-state index contributed by atoms with van der Waals surface area (Å²) in [7, 11) is 0. The zero-order valence-electron chi connectivity index (χ0n) is 8.73. The summed E-state index contributed by atoms with van der Waals surface area (Å²) in [6.07, 6.45) is -1.04. The predicted octanol–water partition coefficient (Wildman–Crippen LogP) is 3.81. The summed E-state index contributed by atoms with van der Waals surface area (Å²) in [4.78, 5) is 10.7. The van der Waals surface area contributed by atoms with Gasteiger partial charge < -0.3 is 5.11 Å². The van der Waals surface area contributed by atoms with Gasteiger partial charge in [-0.15, -0.1) is 0 Å². The molecular weight excluding hydrogens is 222 g/mol. The molecule has 2 rings (SSSR count). The average Bonchev–Trinajstić information content (AvgIpc) is 2.69. The Hall–Kier alpha value is -1.81. The van der Waals surface area contributed by atoms with Crippen molar-refractivity contribution in [3.63, 3.8) is 0 Å². The summed E-state index contributed by atoms with van der Waals surface area (Å²) in [6, 6.07) is 7.71. The number of anilines is 1. The second-order valence-electron chi connectivity index (χ2n) is 3.49. The van der Waals surface area contributed by atoms with Crippen molar-refractivity contribution >= 4 is 23.1 Å². The molecule has 0 saturated heterocycles. The molecule has 0 aliphatic heterocycles. The molecule has 0 spiro atoms. The number of carbonyl (C=O) groups is 1. The lowest BCUT2D eigenvalue weighted by Crippen LogP contribution is -2.08. The van der Waals surface area contributed by atoms with Crippen LogP contribution in [0.25, 0.3) is 11.1 Å². The van der Waals surface area contributed by atoms with Crippen LogP contribution in [0.4, 0.5) is 10.5 Å². The van der Waals surface area contributed by atoms with Crippen molar-refractivity contribution in [3.05, 3.63) is 40.6 Å². The van der Waals surface area contributed by atoms with Crippen LogP contribution < -0.4 is 5.32 Å². The SMILES string of the molecule is Cc1ccc(-c2ccsc2)c(NC(=O)O)c1. The molecule has 0 atom stereocenters. The van der Waals surface area contributed by atoms with Gasteiger partial charge in [-0.05, 0) is 40.9 Å². The number of thiophene rings is 1. The maximum atomic E-state index is 10.7. The van der Waals surface area contributed by atoms with E-state index >= 15 is 0 Å². The molecule has 2 N–H and O–H groups in total. The van der Waals surface area contributed by atoms with E-state index in [4.69, 9.17) is 5.11 Å². The van der Waals surface area contributed by atoms with Crippen LogP contribution in [0.5, 0.6) is 0 Å². The first-order valence-corrected chi connectivity index (χ1v) is 5.74. The Morgan fingerprint density at radius 3 is 2.81 bits per heavy atom. The van der Waals surface area contributed by atoms with Crippen molar-refractivity contribution in [1.82, 2.24) is 0 Å². The van der Waals surface area contributed by atoms with E-state index in [9.17, 15) is 4.79 Å². The molecule has 0 aliphatic carbocycles. The summed E-state index contributed by atoms with van der Waals surface area (Å²) in [5.74, 6) is 0. The molecule has 16 heavy (non-hydrogen) atoms. The minimum atomic E-state index is -1.04. The fraction of sp³-hybridized carbons (Fsp3) is 0.0833. The van der Waals surface area contributed by atoms with Crippen molar-refractivity contribution in [2.24, 2.45) is 0 Å². The Morgan fingerprint density at radius 2 is 2.19 bits per heavy atom. The number of aryl methyl sites for hydroxylation is 1. The third-order valence-electron chi connectivity index (χ3n) is 2.25. The Balaban J connectivity index is 2.48. The van der Waals surface area contributed by atoms with Crippen LogP contribution in [-0.2, 0) is 0 Å². The zero-order chi connectivity index (χ0) is 11.5. The van der Waals surface area contributed by atoms with E-state index in [1.807, 2.05) is 41.9 Å². The van der Waals surface area contributed by atoms with Gasteiger partial charge in [-0.1, -0.05) is 12.1 Å². The first-order valence-electron chi connectivity index (χ1n) is 4.80. The van der Waals surface area contributed by atoms with Gasteiger partial charge in [0.1, 0.15) is 0 Å². The van der Waals surface area contributed by atoms with Crippen LogP contribution in [0.1, 0.15) is 5.56 Å². The first kappa shape index (κ1) is 10.7. The van der Waals surface area contributed by atoms with Crippen LogP contribution in [0.2, 0.25) is 0 Å². The van der Waals surface area contributed by atoms with E-state index in [1.54, 1.807) is 11.3 Å². The highest BCUT2D eigenvalue weighted by molar-refractivity contribution is 7.08. The Kier molecular flexibility index (Phi) is 2.92. The summed E-state index contributed by atoms with van der Waals surface area (Å²) in [5, 5.41) is 15.2. The van der Waals surface area contributed by atoms with Gasteiger partial charge >= 0.3 is 6.09 Å². The molecule has 0 radical (unpaired) electrons. The van der Waals surface area contributed by atoms with Gasteiger partial charge in [0.25, 0.3) is 0 Å². The summed E-state index contributed by atoms with van der Waals surface area (Å²) in [6.45, 7) is 1.93. The number of amides is 1. The quantitative estimate of drug-likeness (QED) is 0.828. The van der Waals surface area contributed by atoms with Crippen LogP contribution in [-0.4, -0.2) is 11.2 Å². The molecule has 2 aromatic rings. The van der Waals surface area contributed by atoms with Crippen LogP contribution in [0.3, 0.4) is 0 Å². The number of hydrogen-bond acceptors (Lipinski definition) is 2. The maximum Gasteiger partial charge on any atom is 0.409 e. The topological polar surface area (TPSA) is 49.3 Å². The smallest absolute Gasteiger partial charge is 0.409 e. The van der Waals surface area contributed by atoms with Crippen molar-refractivity contribution in [1.29, 1.82) is 0 Å². The molecule has 0 saturated carbocycles. The van der Waals surface area contributed by atoms with E-state index in [1.165, 1.54) is 0 Å². The highest BCUT2D eigenvalue weighted by atomic mass is 32.1. The Morgan fingerprint density at radius 1 is 1.38 bits per heavy atom. The molecule has 0 unspecified atom stereocenters. The summed E-state index contributed by atoms with van der Waals surface area (Å²) < 4.78 is 0.